The van der Waals surface area contributed by atoms with Crippen LogP contribution in [0.1, 0.15) is 18.0 Å². The lowest BCUT2D eigenvalue weighted by Gasteiger charge is -2.09. The van der Waals surface area contributed by atoms with Crippen LogP contribution < -0.4 is 16.6 Å². The summed E-state index contributed by atoms with van der Waals surface area (Å²) in [4.78, 5) is 0. The number of nitrogens with two attached hydrogens (primary N) is 1. The molecule has 1 aliphatic heterocycles. The van der Waals surface area contributed by atoms with Gasteiger partial charge in [0.1, 0.15) is 5.82 Å². The van der Waals surface area contributed by atoms with Crippen molar-refractivity contribution in [3.63, 3.8) is 0 Å². The normalized spacial score (nSPS) is 26.7. The van der Waals surface area contributed by atoms with Crippen LogP contribution in [-0.2, 0) is 0 Å². The van der Waals surface area contributed by atoms with Gasteiger partial charge < -0.3 is 5.73 Å². The molecule has 2 atom stereocenters. The Morgan fingerprint density at radius 1 is 1.43 bits per heavy atom. The van der Waals surface area contributed by atoms with Crippen LogP contribution >= 0.6 is 0 Å². The van der Waals surface area contributed by atoms with Crippen molar-refractivity contribution in [1.29, 1.82) is 0 Å². The van der Waals surface area contributed by atoms with E-state index in [0.717, 1.165) is 12.0 Å². The molecule has 0 saturated carbocycles. The summed E-state index contributed by atoms with van der Waals surface area (Å²) >= 11 is 0. The fraction of sp³-hybridized carbons (Fsp3) is 0.400. The zero-order chi connectivity index (χ0) is 9.97. The molecular formula is C10H14FN3. The summed E-state index contributed by atoms with van der Waals surface area (Å²) in [6.07, 6.45) is 0.903. The number of nitrogens with one attached hydrogen (secondary N) is 2. The highest BCUT2D eigenvalue weighted by molar-refractivity contribution is 5.21. The lowest BCUT2D eigenvalue weighted by molar-refractivity contribution is 0.544. The van der Waals surface area contributed by atoms with E-state index in [2.05, 4.69) is 10.9 Å². The molecule has 0 aromatic heterocycles. The first-order valence-electron chi connectivity index (χ1n) is 4.76. The van der Waals surface area contributed by atoms with Gasteiger partial charge in [0.15, 0.2) is 0 Å². The summed E-state index contributed by atoms with van der Waals surface area (Å²) in [5.41, 5.74) is 12.7. The quantitative estimate of drug-likeness (QED) is 0.651. The number of benzene rings is 1. The Morgan fingerprint density at radius 2 is 2.29 bits per heavy atom. The highest BCUT2D eigenvalue weighted by Crippen LogP contribution is 2.21. The van der Waals surface area contributed by atoms with Crippen molar-refractivity contribution >= 4 is 0 Å². The van der Waals surface area contributed by atoms with Crippen molar-refractivity contribution in [2.24, 2.45) is 5.73 Å². The van der Waals surface area contributed by atoms with Crippen LogP contribution in [0.2, 0.25) is 0 Å². The molecule has 0 spiro atoms. The van der Waals surface area contributed by atoms with E-state index in [0.29, 0.717) is 6.54 Å². The summed E-state index contributed by atoms with van der Waals surface area (Å²) in [7, 11) is 0. The Labute approximate surface area is 82.5 Å². The van der Waals surface area contributed by atoms with Gasteiger partial charge >= 0.3 is 0 Å². The molecule has 0 radical (unpaired) electrons. The van der Waals surface area contributed by atoms with Gasteiger partial charge in [-0.05, 0) is 24.1 Å². The molecule has 1 fully saturated rings. The van der Waals surface area contributed by atoms with E-state index in [1.165, 1.54) is 6.07 Å². The number of hydrogen-bond donors (Lipinski definition) is 3. The van der Waals surface area contributed by atoms with Crippen LogP contribution in [0.15, 0.2) is 24.3 Å². The molecule has 1 aromatic rings. The van der Waals surface area contributed by atoms with Gasteiger partial charge in [-0.3, -0.25) is 5.43 Å². The predicted octanol–water partition coefficient (Wildman–Crippen LogP) is 0.692. The minimum absolute atomic E-state index is 0.166. The van der Waals surface area contributed by atoms with Gasteiger partial charge in [-0.2, -0.15) is 0 Å². The van der Waals surface area contributed by atoms with E-state index in [1.807, 2.05) is 6.07 Å². The molecule has 2 rings (SSSR count). The summed E-state index contributed by atoms with van der Waals surface area (Å²) < 4.78 is 12.9. The van der Waals surface area contributed by atoms with E-state index in [9.17, 15) is 4.39 Å². The fourth-order valence-corrected chi connectivity index (χ4v) is 1.72. The van der Waals surface area contributed by atoms with Crippen molar-refractivity contribution in [1.82, 2.24) is 10.9 Å². The summed E-state index contributed by atoms with van der Waals surface area (Å²) in [6, 6.07) is 7.09. The van der Waals surface area contributed by atoms with E-state index in [1.54, 1.807) is 12.1 Å². The first-order chi connectivity index (χ1) is 6.79. The molecule has 1 saturated heterocycles. The number of hydrazine groups is 1. The van der Waals surface area contributed by atoms with Crippen LogP contribution in [0.4, 0.5) is 4.39 Å². The maximum atomic E-state index is 12.9. The molecule has 4 heteroatoms. The SMILES string of the molecule is NCC1CC(c2cccc(F)c2)NN1. The zero-order valence-electron chi connectivity index (χ0n) is 7.83. The molecule has 14 heavy (non-hydrogen) atoms. The Morgan fingerprint density at radius 3 is 2.93 bits per heavy atom. The monoisotopic (exact) mass is 195 g/mol. The standard InChI is InChI=1S/C10H14FN3/c11-8-3-1-2-7(4-8)10-5-9(6-12)13-14-10/h1-4,9-10,13-14H,5-6,12H2. The van der Waals surface area contributed by atoms with E-state index in [4.69, 9.17) is 5.73 Å². The molecule has 2 unspecified atom stereocenters. The molecule has 1 heterocycles. The molecule has 0 amide bonds. The van der Waals surface area contributed by atoms with E-state index in [-0.39, 0.29) is 17.9 Å². The van der Waals surface area contributed by atoms with E-state index < -0.39 is 0 Å². The minimum Gasteiger partial charge on any atom is -0.329 e. The smallest absolute Gasteiger partial charge is 0.123 e. The van der Waals surface area contributed by atoms with Crippen molar-refractivity contribution in [2.45, 2.75) is 18.5 Å². The predicted molar refractivity (Wildman–Crippen MR) is 52.9 cm³/mol. The second-order valence-electron chi connectivity index (χ2n) is 3.56. The maximum Gasteiger partial charge on any atom is 0.123 e. The second kappa shape index (κ2) is 4.04. The van der Waals surface area contributed by atoms with Gasteiger partial charge in [-0.15, -0.1) is 0 Å². The van der Waals surface area contributed by atoms with Crippen molar-refractivity contribution < 1.29 is 4.39 Å². The summed E-state index contributed by atoms with van der Waals surface area (Å²) in [6.45, 7) is 0.596. The molecule has 0 bridgehead atoms. The fourth-order valence-electron chi connectivity index (χ4n) is 1.72. The van der Waals surface area contributed by atoms with Gasteiger partial charge in [-0.1, -0.05) is 12.1 Å². The third-order valence-corrected chi connectivity index (χ3v) is 2.52. The maximum absolute atomic E-state index is 12.9. The highest BCUT2D eigenvalue weighted by Gasteiger charge is 2.23. The first-order valence-corrected chi connectivity index (χ1v) is 4.76. The summed E-state index contributed by atoms with van der Waals surface area (Å²) in [5.74, 6) is -0.194. The van der Waals surface area contributed by atoms with Gasteiger partial charge in [0, 0.05) is 18.6 Å². The van der Waals surface area contributed by atoms with Crippen LogP contribution in [0.5, 0.6) is 0 Å². The average molecular weight is 195 g/mol. The Kier molecular flexibility index (Phi) is 2.77. The van der Waals surface area contributed by atoms with Crippen LogP contribution in [0.25, 0.3) is 0 Å². The third-order valence-electron chi connectivity index (χ3n) is 2.52. The largest absolute Gasteiger partial charge is 0.329 e. The van der Waals surface area contributed by atoms with Crippen LogP contribution in [0, 0.1) is 5.82 Å². The van der Waals surface area contributed by atoms with Crippen molar-refractivity contribution in [3.8, 4) is 0 Å². The zero-order valence-corrected chi connectivity index (χ0v) is 7.83. The van der Waals surface area contributed by atoms with Crippen molar-refractivity contribution in [3.05, 3.63) is 35.6 Å². The second-order valence-corrected chi connectivity index (χ2v) is 3.56. The van der Waals surface area contributed by atoms with Gasteiger partial charge in [0.2, 0.25) is 0 Å². The van der Waals surface area contributed by atoms with Gasteiger partial charge in [0.05, 0.1) is 0 Å². The molecule has 1 aliphatic rings. The van der Waals surface area contributed by atoms with E-state index >= 15 is 0 Å². The highest BCUT2D eigenvalue weighted by atomic mass is 19.1. The Bertz CT molecular complexity index is 316. The molecule has 0 aliphatic carbocycles. The number of halogens is 1. The first kappa shape index (κ1) is 9.58. The number of hydrogen-bond acceptors (Lipinski definition) is 3. The van der Waals surface area contributed by atoms with Gasteiger partial charge in [-0.25, -0.2) is 9.82 Å². The molecule has 76 valence electrons. The van der Waals surface area contributed by atoms with Gasteiger partial charge in [0.25, 0.3) is 0 Å². The Hall–Kier alpha value is -0.970. The molecular weight excluding hydrogens is 181 g/mol. The molecule has 3 nitrogen and oxygen atoms in total. The average Bonchev–Trinajstić information content (AvgIpc) is 2.66. The lowest BCUT2D eigenvalue weighted by atomic mass is 10.0. The topological polar surface area (TPSA) is 50.1 Å². The van der Waals surface area contributed by atoms with Crippen LogP contribution in [0.3, 0.4) is 0 Å². The van der Waals surface area contributed by atoms with Crippen LogP contribution in [-0.4, -0.2) is 12.6 Å². The number of rotatable bonds is 2. The molecule has 4 N–H and O–H groups in total. The third kappa shape index (κ3) is 1.92. The lowest BCUT2D eigenvalue weighted by Crippen LogP contribution is -2.35. The minimum atomic E-state index is -0.194. The summed E-state index contributed by atoms with van der Waals surface area (Å²) in [5, 5.41) is 0. The molecule has 1 aromatic carbocycles. The Balaban J connectivity index is 2.09. The van der Waals surface area contributed by atoms with Crippen molar-refractivity contribution in [2.75, 3.05) is 6.54 Å².